The molecule has 4 heteroatoms. The molecule has 0 saturated heterocycles. The molecule has 0 spiro atoms. The summed E-state index contributed by atoms with van der Waals surface area (Å²) in [6.45, 7) is 3.66. The summed E-state index contributed by atoms with van der Waals surface area (Å²) < 4.78 is 5.06. The van der Waals surface area contributed by atoms with Gasteiger partial charge < -0.3 is 9.84 Å². The number of rotatable bonds is 7. The number of carboxylic acids is 1. The standard InChI is InChI=1S/C13H20O4/c1-3-4-5-6-7-8-10-11(12(14)15)9(2)13(16)17-10/h10H,3-8H2,1-2H3,(H,14,15)/t10-/m0/s1. The molecule has 0 aromatic rings. The average Bonchev–Trinajstić information content (AvgIpc) is 2.54. The Morgan fingerprint density at radius 1 is 1.29 bits per heavy atom. The van der Waals surface area contributed by atoms with Crippen molar-refractivity contribution in [3.8, 4) is 0 Å². The van der Waals surface area contributed by atoms with Crippen molar-refractivity contribution >= 4 is 11.9 Å². The van der Waals surface area contributed by atoms with Crippen molar-refractivity contribution < 1.29 is 19.4 Å². The van der Waals surface area contributed by atoms with Crippen LogP contribution in [0, 0.1) is 0 Å². The summed E-state index contributed by atoms with van der Waals surface area (Å²) in [7, 11) is 0. The molecule has 4 nitrogen and oxygen atoms in total. The zero-order valence-electron chi connectivity index (χ0n) is 10.5. The number of hydrogen-bond acceptors (Lipinski definition) is 3. The second-order valence-corrected chi connectivity index (χ2v) is 4.44. The molecule has 1 aliphatic rings. The van der Waals surface area contributed by atoms with Gasteiger partial charge in [0.1, 0.15) is 6.10 Å². The predicted octanol–water partition coefficient (Wildman–Crippen LogP) is 2.67. The van der Waals surface area contributed by atoms with Gasteiger partial charge in [0.2, 0.25) is 0 Å². The van der Waals surface area contributed by atoms with Gasteiger partial charge in [0.15, 0.2) is 0 Å². The Labute approximate surface area is 102 Å². The number of carboxylic acid groups (broad SMARTS) is 1. The number of ether oxygens (including phenoxy) is 1. The van der Waals surface area contributed by atoms with E-state index in [1.165, 1.54) is 19.8 Å². The van der Waals surface area contributed by atoms with Gasteiger partial charge in [-0.3, -0.25) is 0 Å². The molecule has 1 N–H and O–H groups in total. The number of carbonyl (C=O) groups excluding carboxylic acids is 1. The van der Waals surface area contributed by atoms with Crippen LogP contribution in [0.15, 0.2) is 11.1 Å². The lowest BCUT2D eigenvalue weighted by Crippen LogP contribution is -2.17. The van der Waals surface area contributed by atoms with Crippen molar-refractivity contribution in [2.45, 2.75) is 58.5 Å². The first kappa shape index (κ1) is 13.7. The van der Waals surface area contributed by atoms with Crippen LogP contribution in [0.4, 0.5) is 0 Å². The third kappa shape index (κ3) is 3.58. The van der Waals surface area contributed by atoms with Gasteiger partial charge in [0.05, 0.1) is 5.57 Å². The van der Waals surface area contributed by atoms with Crippen LogP contribution in [0.1, 0.15) is 52.4 Å². The van der Waals surface area contributed by atoms with Crippen molar-refractivity contribution in [2.75, 3.05) is 0 Å². The van der Waals surface area contributed by atoms with Crippen LogP contribution in [0.2, 0.25) is 0 Å². The van der Waals surface area contributed by atoms with E-state index in [1.807, 2.05) is 0 Å². The second kappa shape index (κ2) is 6.42. The highest BCUT2D eigenvalue weighted by Crippen LogP contribution is 2.26. The Kier molecular flexibility index (Phi) is 5.19. The Hall–Kier alpha value is -1.32. The molecule has 1 rings (SSSR count). The molecule has 0 fully saturated rings. The molecule has 0 aromatic heterocycles. The first-order valence-corrected chi connectivity index (χ1v) is 6.23. The lowest BCUT2D eigenvalue weighted by atomic mass is 10.0. The number of aliphatic carboxylic acids is 1. The molecule has 17 heavy (non-hydrogen) atoms. The summed E-state index contributed by atoms with van der Waals surface area (Å²) in [6.07, 6.45) is 5.58. The fraction of sp³-hybridized carbons (Fsp3) is 0.692. The molecule has 0 saturated carbocycles. The van der Waals surface area contributed by atoms with Gasteiger partial charge in [-0.25, -0.2) is 9.59 Å². The number of unbranched alkanes of at least 4 members (excludes halogenated alkanes) is 4. The molecule has 1 heterocycles. The van der Waals surface area contributed by atoms with Crippen LogP contribution < -0.4 is 0 Å². The number of hydrogen-bond donors (Lipinski definition) is 1. The van der Waals surface area contributed by atoms with E-state index in [9.17, 15) is 9.59 Å². The Bertz CT molecular complexity index is 330. The van der Waals surface area contributed by atoms with E-state index in [0.717, 1.165) is 19.3 Å². The molecular formula is C13H20O4. The van der Waals surface area contributed by atoms with Crippen LogP contribution >= 0.6 is 0 Å². The van der Waals surface area contributed by atoms with Crippen LogP contribution in [-0.4, -0.2) is 23.1 Å². The summed E-state index contributed by atoms with van der Waals surface area (Å²) in [5.41, 5.74) is 0.390. The Balaban J connectivity index is 2.44. The van der Waals surface area contributed by atoms with Gasteiger partial charge >= 0.3 is 11.9 Å². The minimum absolute atomic E-state index is 0.144. The van der Waals surface area contributed by atoms with E-state index in [-0.39, 0.29) is 11.1 Å². The molecule has 0 aliphatic carbocycles. The largest absolute Gasteiger partial charge is 0.478 e. The van der Waals surface area contributed by atoms with E-state index in [0.29, 0.717) is 6.42 Å². The molecule has 0 radical (unpaired) electrons. The van der Waals surface area contributed by atoms with Gasteiger partial charge in [0.25, 0.3) is 0 Å². The van der Waals surface area contributed by atoms with Crippen molar-refractivity contribution in [3.05, 3.63) is 11.1 Å². The highest BCUT2D eigenvalue weighted by atomic mass is 16.5. The molecule has 1 aliphatic heterocycles. The van der Waals surface area contributed by atoms with Crippen LogP contribution in [-0.2, 0) is 14.3 Å². The maximum Gasteiger partial charge on any atom is 0.335 e. The summed E-state index contributed by atoms with van der Waals surface area (Å²) in [5, 5.41) is 9.02. The minimum Gasteiger partial charge on any atom is -0.478 e. The quantitative estimate of drug-likeness (QED) is 0.549. The van der Waals surface area contributed by atoms with Gasteiger partial charge in [-0.2, -0.15) is 0 Å². The zero-order valence-corrected chi connectivity index (χ0v) is 10.5. The van der Waals surface area contributed by atoms with Crippen molar-refractivity contribution in [2.24, 2.45) is 0 Å². The second-order valence-electron chi connectivity index (χ2n) is 4.44. The first-order chi connectivity index (χ1) is 8.07. The van der Waals surface area contributed by atoms with Crippen molar-refractivity contribution in [1.29, 1.82) is 0 Å². The van der Waals surface area contributed by atoms with Crippen LogP contribution in [0.5, 0.6) is 0 Å². The smallest absolute Gasteiger partial charge is 0.335 e. The Morgan fingerprint density at radius 2 is 1.94 bits per heavy atom. The topological polar surface area (TPSA) is 63.6 Å². The molecule has 0 unspecified atom stereocenters. The van der Waals surface area contributed by atoms with Gasteiger partial charge in [0, 0.05) is 5.57 Å². The number of esters is 1. The van der Waals surface area contributed by atoms with Crippen LogP contribution in [0.3, 0.4) is 0 Å². The lowest BCUT2D eigenvalue weighted by molar-refractivity contribution is -0.140. The number of carbonyl (C=O) groups is 2. The van der Waals surface area contributed by atoms with Gasteiger partial charge in [-0.1, -0.05) is 32.6 Å². The molecule has 0 bridgehead atoms. The SMILES string of the molecule is CCCCCCC[C@@H]1OC(=O)C(C)=C1C(=O)O. The molecule has 0 aromatic carbocycles. The fourth-order valence-corrected chi connectivity index (χ4v) is 2.06. The highest BCUT2D eigenvalue weighted by Gasteiger charge is 2.35. The third-order valence-electron chi connectivity index (χ3n) is 3.08. The molecule has 0 amide bonds. The van der Waals surface area contributed by atoms with Gasteiger partial charge in [-0.15, -0.1) is 0 Å². The molecule has 96 valence electrons. The van der Waals surface area contributed by atoms with E-state index in [2.05, 4.69) is 6.92 Å². The summed E-state index contributed by atoms with van der Waals surface area (Å²) in [5.74, 6) is -1.52. The van der Waals surface area contributed by atoms with E-state index in [1.54, 1.807) is 0 Å². The molecule has 1 atom stereocenters. The fourth-order valence-electron chi connectivity index (χ4n) is 2.06. The average molecular weight is 240 g/mol. The normalized spacial score (nSPS) is 19.6. The summed E-state index contributed by atoms with van der Waals surface area (Å²) in [6, 6.07) is 0. The van der Waals surface area contributed by atoms with E-state index in [4.69, 9.17) is 9.84 Å². The zero-order chi connectivity index (χ0) is 12.8. The maximum absolute atomic E-state index is 11.3. The minimum atomic E-state index is -1.04. The summed E-state index contributed by atoms with van der Waals surface area (Å²) in [4.78, 5) is 22.3. The van der Waals surface area contributed by atoms with Gasteiger partial charge in [-0.05, 0) is 19.8 Å². The Morgan fingerprint density at radius 3 is 2.53 bits per heavy atom. The van der Waals surface area contributed by atoms with E-state index >= 15 is 0 Å². The maximum atomic E-state index is 11.3. The van der Waals surface area contributed by atoms with Crippen molar-refractivity contribution in [3.63, 3.8) is 0 Å². The number of cyclic esters (lactones) is 1. The monoisotopic (exact) mass is 240 g/mol. The van der Waals surface area contributed by atoms with Crippen molar-refractivity contribution in [1.82, 2.24) is 0 Å². The van der Waals surface area contributed by atoms with E-state index < -0.39 is 18.0 Å². The molecular weight excluding hydrogens is 220 g/mol. The van der Waals surface area contributed by atoms with Crippen LogP contribution in [0.25, 0.3) is 0 Å². The summed E-state index contributed by atoms with van der Waals surface area (Å²) >= 11 is 0. The highest BCUT2D eigenvalue weighted by molar-refractivity contribution is 6.03. The first-order valence-electron chi connectivity index (χ1n) is 6.23. The predicted molar refractivity (Wildman–Crippen MR) is 63.6 cm³/mol. The third-order valence-corrected chi connectivity index (χ3v) is 3.08. The lowest BCUT2D eigenvalue weighted by Gasteiger charge is -2.11.